The second kappa shape index (κ2) is 6.16. The number of carbonyl (C=O) groups is 1. The smallest absolute Gasteiger partial charge is 0.270 e. The summed E-state index contributed by atoms with van der Waals surface area (Å²) in [5.41, 5.74) is 0.233. The Labute approximate surface area is 163 Å². The summed E-state index contributed by atoms with van der Waals surface area (Å²) in [7, 11) is -1.93. The first-order valence-electron chi connectivity index (χ1n) is 9.47. The molecule has 2 aromatic rings. The number of nitrogens with zero attached hydrogens (tertiary/aromatic N) is 3. The van der Waals surface area contributed by atoms with E-state index in [4.69, 9.17) is 4.74 Å². The first-order chi connectivity index (χ1) is 13.4. The van der Waals surface area contributed by atoms with E-state index in [9.17, 15) is 13.2 Å². The first kappa shape index (κ1) is 17.9. The maximum Gasteiger partial charge on any atom is 0.270 e. The lowest BCUT2D eigenvalue weighted by molar-refractivity contribution is 0.00319. The number of rotatable bonds is 5. The van der Waals surface area contributed by atoms with E-state index in [-0.39, 0.29) is 34.3 Å². The highest BCUT2D eigenvalue weighted by molar-refractivity contribution is 7.89. The van der Waals surface area contributed by atoms with Crippen molar-refractivity contribution in [3.8, 4) is 0 Å². The largest absolute Gasteiger partial charge is 0.369 e. The lowest BCUT2D eigenvalue weighted by Gasteiger charge is -2.29. The Kier molecular flexibility index (Phi) is 3.94. The third-order valence-electron chi connectivity index (χ3n) is 6.40. The highest BCUT2D eigenvalue weighted by Gasteiger charge is 2.63. The average molecular weight is 405 g/mol. The number of nitrogens with one attached hydrogen (secondary N) is 2. The van der Waals surface area contributed by atoms with Gasteiger partial charge in [-0.15, -0.1) is 0 Å². The van der Waals surface area contributed by atoms with Crippen LogP contribution in [0.5, 0.6) is 0 Å². The fraction of sp³-hybridized carbons (Fsp3) is 0.556. The number of sulfonamides is 1. The highest BCUT2D eigenvalue weighted by Crippen LogP contribution is 2.54. The fourth-order valence-corrected chi connectivity index (χ4v) is 6.13. The van der Waals surface area contributed by atoms with Gasteiger partial charge in [-0.2, -0.15) is 5.10 Å². The number of amides is 1. The molecule has 4 atom stereocenters. The number of H-pyrrole nitrogens is 1. The minimum absolute atomic E-state index is 0.0319. The molecule has 1 amide bonds. The van der Waals surface area contributed by atoms with Crippen LogP contribution in [-0.2, 0) is 21.8 Å². The van der Waals surface area contributed by atoms with Crippen molar-refractivity contribution >= 4 is 15.9 Å². The fourth-order valence-electron chi connectivity index (χ4n) is 5.08. The zero-order chi connectivity index (χ0) is 19.5. The Morgan fingerprint density at radius 3 is 3.07 bits per heavy atom. The van der Waals surface area contributed by atoms with E-state index in [1.807, 2.05) is 4.90 Å². The van der Waals surface area contributed by atoms with Gasteiger partial charge in [-0.05, 0) is 25.0 Å². The van der Waals surface area contributed by atoms with Gasteiger partial charge < -0.3 is 14.6 Å². The van der Waals surface area contributed by atoms with E-state index in [2.05, 4.69) is 14.8 Å². The summed E-state index contributed by atoms with van der Waals surface area (Å²) >= 11 is 0. The molecule has 0 radical (unpaired) electrons. The molecule has 2 bridgehead atoms. The minimum Gasteiger partial charge on any atom is -0.369 e. The Morgan fingerprint density at radius 2 is 2.36 bits per heavy atom. The molecule has 3 saturated heterocycles. The molecule has 2 aromatic heterocycles. The molecule has 0 unspecified atom stereocenters. The first-order valence-corrected chi connectivity index (χ1v) is 11.0. The second-order valence-corrected chi connectivity index (χ2v) is 9.77. The van der Waals surface area contributed by atoms with E-state index >= 15 is 0 Å². The maximum absolute atomic E-state index is 12.7. The predicted octanol–water partition coefficient (Wildman–Crippen LogP) is 0.346. The van der Waals surface area contributed by atoms with Crippen molar-refractivity contribution in [3.05, 3.63) is 36.4 Å². The van der Waals surface area contributed by atoms with Crippen LogP contribution in [0.3, 0.4) is 0 Å². The molecule has 1 spiro atoms. The van der Waals surface area contributed by atoms with Gasteiger partial charge in [-0.25, -0.2) is 13.1 Å². The van der Waals surface area contributed by atoms with E-state index in [0.29, 0.717) is 25.3 Å². The summed E-state index contributed by atoms with van der Waals surface area (Å²) in [6.45, 7) is 1.46. The third kappa shape index (κ3) is 2.70. The molecule has 3 aliphatic heterocycles. The Balaban J connectivity index is 1.31. The van der Waals surface area contributed by atoms with Gasteiger partial charge in [0.05, 0.1) is 24.4 Å². The van der Waals surface area contributed by atoms with E-state index < -0.39 is 10.0 Å². The van der Waals surface area contributed by atoms with Crippen LogP contribution >= 0.6 is 0 Å². The molecule has 150 valence electrons. The number of aromatic amines is 1. The summed E-state index contributed by atoms with van der Waals surface area (Å²) in [5.74, 6) is 0.166. The molecule has 3 aliphatic rings. The van der Waals surface area contributed by atoms with Gasteiger partial charge in [0, 0.05) is 44.4 Å². The number of aromatic nitrogens is 3. The normalized spacial score (nSPS) is 31.5. The molecule has 28 heavy (non-hydrogen) atoms. The Bertz CT molecular complexity index is 1000. The third-order valence-corrected chi connectivity index (χ3v) is 7.78. The molecular weight excluding hydrogens is 382 g/mol. The summed E-state index contributed by atoms with van der Waals surface area (Å²) in [6.07, 6.45) is 6.43. The van der Waals surface area contributed by atoms with E-state index in [1.54, 1.807) is 25.4 Å². The van der Waals surface area contributed by atoms with Gasteiger partial charge in [0.25, 0.3) is 5.91 Å². The SMILES string of the molecule is Cn1cc(S(=O)(=O)NC[C@H]2[C@H]3CN(C(=O)c4ccc[nH]4)C[C@]34CC[C@H]2O4)cn1. The molecule has 3 fully saturated rings. The topological polar surface area (TPSA) is 109 Å². The zero-order valence-electron chi connectivity index (χ0n) is 15.5. The summed E-state index contributed by atoms with van der Waals surface area (Å²) in [6, 6.07) is 3.58. The van der Waals surface area contributed by atoms with Gasteiger partial charge in [-0.3, -0.25) is 9.48 Å². The van der Waals surface area contributed by atoms with Gasteiger partial charge in [0.15, 0.2) is 0 Å². The molecule has 0 aromatic carbocycles. The molecule has 10 heteroatoms. The molecule has 9 nitrogen and oxygen atoms in total. The van der Waals surface area contributed by atoms with Gasteiger partial charge in [-0.1, -0.05) is 0 Å². The van der Waals surface area contributed by atoms with Crippen LogP contribution in [0, 0.1) is 11.8 Å². The molecule has 5 heterocycles. The highest BCUT2D eigenvalue weighted by atomic mass is 32.2. The van der Waals surface area contributed by atoms with Crippen molar-refractivity contribution in [2.75, 3.05) is 19.6 Å². The molecule has 2 N–H and O–H groups in total. The standard InChI is InChI=1S/C18H23N5O4S/c1-22-9-12(7-20-22)28(25,26)21-8-13-14-10-23(17(24)15-3-2-6-19-15)11-18(14)5-4-16(13)27-18/h2-3,6-7,9,13-14,16,19,21H,4-5,8,10-11H2,1H3/t13-,14+,16+,18+/m0/s1. The van der Waals surface area contributed by atoms with Crippen LogP contribution in [0.4, 0.5) is 0 Å². The average Bonchev–Trinajstić information content (AvgIpc) is 3.44. The van der Waals surface area contributed by atoms with Crippen molar-refractivity contribution in [3.63, 3.8) is 0 Å². The number of hydrogen-bond acceptors (Lipinski definition) is 5. The number of hydrogen-bond donors (Lipinski definition) is 2. The van der Waals surface area contributed by atoms with Crippen molar-refractivity contribution in [2.24, 2.45) is 18.9 Å². The van der Waals surface area contributed by atoms with E-state index in [0.717, 1.165) is 12.8 Å². The number of aryl methyl sites for hydroxylation is 1. The predicted molar refractivity (Wildman–Crippen MR) is 98.9 cm³/mol. The summed E-state index contributed by atoms with van der Waals surface area (Å²) < 4.78 is 35.6. The monoisotopic (exact) mass is 405 g/mol. The van der Waals surface area contributed by atoms with Gasteiger partial charge >= 0.3 is 0 Å². The lowest BCUT2D eigenvalue weighted by atomic mass is 9.74. The van der Waals surface area contributed by atoms with Gasteiger partial charge in [0.1, 0.15) is 10.6 Å². The molecule has 0 saturated carbocycles. The molecule has 5 rings (SSSR count). The second-order valence-electron chi connectivity index (χ2n) is 8.00. The maximum atomic E-state index is 12.7. The summed E-state index contributed by atoms with van der Waals surface area (Å²) in [4.78, 5) is 17.7. The zero-order valence-corrected chi connectivity index (χ0v) is 16.4. The lowest BCUT2D eigenvalue weighted by Crippen LogP contribution is -2.41. The van der Waals surface area contributed by atoms with Crippen molar-refractivity contribution < 1.29 is 17.9 Å². The van der Waals surface area contributed by atoms with Crippen molar-refractivity contribution in [1.82, 2.24) is 24.4 Å². The van der Waals surface area contributed by atoms with Crippen LogP contribution in [0.2, 0.25) is 0 Å². The Hall–Kier alpha value is -2.17. The number of likely N-dealkylation sites (tertiary alicyclic amines) is 1. The quantitative estimate of drug-likeness (QED) is 0.746. The van der Waals surface area contributed by atoms with Crippen LogP contribution in [0.1, 0.15) is 23.3 Å². The van der Waals surface area contributed by atoms with Crippen LogP contribution in [0.15, 0.2) is 35.6 Å². The minimum atomic E-state index is -3.61. The molecule has 0 aliphatic carbocycles. The summed E-state index contributed by atoms with van der Waals surface area (Å²) in [5, 5.41) is 3.93. The van der Waals surface area contributed by atoms with Gasteiger partial charge in [0.2, 0.25) is 10.0 Å². The van der Waals surface area contributed by atoms with E-state index in [1.165, 1.54) is 17.1 Å². The molecular formula is C18H23N5O4S. The Morgan fingerprint density at radius 1 is 1.50 bits per heavy atom. The number of carbonyl (C=O) groups excluding carboxylic acids is 1. The van der Waals surface area contributed by atoms with Crippen molar-refractivity contribution in [2.45, 2.75) is 29.4 Å². The van der Waals surface area contributed by atoms with Crippen LogP contribution < -0.4 is 4.72 Å². The number of fused-ring (bicyclic) bond motifs is 1. The van der Waals surface area contributed by atoms with Crippen LogP contribution in [-0.4, -0.2) is 65.3 Å². The van der Waals surface area contributed by atoms with Crippen molar-refractivity contribution in [1.29, 1.82) is 0 Å². The number of ether oxygens (including phenoxy) is 1. The van der Waals surface area contributed by atoms with Crippen LogP contribution in [0.25, 0.3) is 0 Å².